The summed E-state index contributed by atoms with van der Waals surface area (Å²) in [6, 6.07) is 6.82. The van der Waals surface area contributed by atoms with E-state index in [0.29, 0.717) is 0 Å². The Kier molecular flexibility index (Phi) is 2.55. The molecule has 2 heteroatoms. The fourth-order valence-corrected chi connectivity index (χ4v) is 2.16. The average Bonchev–Trinajstić information content (AvgIpc) is 2.57. The third-order valence-corrected chi connectivity index (χ3v) is 2.96. The minimum Gasteiger partial charge on any atom is -0.311 e. The first-order valence-corrected chi connectivity index (χ1v) is 5.17. The van der Waals surface area contributed by atoms with Crippen LogP contribution < -0.4 is 5.32 Å². The summed E-state index contributed by atoms with van der Waals surface area (Å²) in [4.78, 5) is 0. The second-order valence-electron chi connectivity index (χ2n) is 4.39. The largest absolute Gasteiger partial charge is 0.311 e. The minimum atomic E-state index is -0.154. The zero-order chi connectivity index (χ0) is 10.0. The predicted octanol–water partition coefficient (Wildman–Crippen LogP) is 2.51. The van der Waals surface area contributed by atoms with E-state index in [1.807, 2.05) is 12.1 Å². The van der Waals surface area contributed by atoms with Gasteiger partial charge in [0.25, 0.3) is 0 Å². The highest BCUT2D eigenvalue weighted by atomic mass is 19.1. The van der Waals surface area contributed by atoms with Gasteiger partial charge in [0.05, 0.1) is 0 Å². The van der Waals surface area contributed by atoms with E-state index in [4.69, 9.17) is 0 Å². The first-order valence-electron chi connectivity index (χ1n) is 5.17. The minimum absolute atomic E-state index is 0.154. The van der Waals surface area contributed by atoms with E-state index in [1.54, 1.807) is 0 Å². The van der Waals surface area contributed by atoms with E-state index >= 15 is 0 Å². The Morgan fingerprint density at radius 1 is 1.36 bits per heavy atom. The summed E-state index contributed by atoms with van der Waals surface area (Å²) in [6.45, 7) is 3.35. The van der Waals surface area contributed by atoms with Crippen LogP contribution in [0.3, 0.4) is 0 Å². The topological polar surface area (TPSA) is 12.0 Å². The molecule has 1 saturated heterocycles. The van der Waals surface area contributed by atoms with Crippen LogP contribution in [-0.2, 0) is 6.42 Å². The molecule has 1 atom stereocenters. The van der Waals surface area contributed by atoms with Crippen LogP contribution in [-0.4, -0.2) is 12.1 Å². The summed E-state index contributed by atoms with van der Waals surface area (Å²) >= 11 is 0. The fraction of sp³-hybridized carbons (Fsp3) is 0.500. The average molecular weight is 193 g/mol. The summed E-state index contributed by atoms with van der Waals surface area (Å²) in [7, 11) is 0. The van der Waals surface area contributed by atoms with Crippen molar-refractivity contribution in [2.45, 2.75) is 31.7 Å². The SMILES string of the molecule is C[C@]1(Cc2ccc(F)cc2)CCCN1. The molecule has 1 N–H and O–H groups in total. The van der Waals surface area contributed by atoms with Crippen molar-refractivity contribution in [2.24, 2.45) is 0 Å². The summed E-state index contributed by atoms with van der Waals surface area (Å²) in [5, 5.41) is 3.50. The Morgan fingerprint density at radius 2 is 2.07 bits per heavy atom. The second-order valence-corrected chi connectivity index (χ2v) is 4.39. The molecular weight excluding hydrogens is 177 g/mol. The van der Waals surface area contributed by atoms with Gasteiger partial charge in [-0.25, -0.2) is 4.39 Å². The van der Waals surface area contributed by atoms with Gasteiger partial charge in [-0.15, -0.1) is 0 Å². The molecule has 14 heavy (non-hydrogen) atoms. The van der Waals surface area contributed by atoms with E-state index in [1.165, 1.54) is 30.5 Å². The van der Waals surface area contributed by atoms with Crippen molar-refractivity contribution < 1.29 is 4.39 Å². The molecule has 1 aliphatic rings. The zero-order valence-electron chi connectivity index (χ0n) is 8.52. The molecule has 76 valence electrons. The van der Waals surface area contributed by atoms with Crippen LogP contribution in [0.25, 0.3) is 0 Å². The van der Waals surface area contributed by atoms with Crippen LogP contribution in [0.1, 0.15) is 25.3 Å². The number of nitrogens with one attached hydrogen (secondary N) is 1. The van der Waals surface area contributed by atoms with Crippen molar-refractivity contribution in [3.63, 3.8) is 0 Å². The van der Waals surface area contributed by atoms with E-state index in [9.17, 15) is 4.39 Å². The molecule has 2 rings (SSSR count). The lowest BCUT2D eigenvalue weighted by Crippen LogP contribution is -2.38. The molecule has 0 amide bonds. The first kappa shape index (κ1) is 9.66. The van der Waals surface area contributed by atoms with Crippen molar-refractivity contribution in [2.75, 3.05) is 6.54 Å². The maximum Gasteiger partial charge on any atom is 0.123 e. The molecule has 0 aliphatic carbocycles. The lowest BCUT2D eigenvalue weighted by molar-refractivity contribution is 0.412. The van der Waals surface area contributed by atoms with E-state index in [2.05, 4.69) is 12.2 Å². The molecule has 1 aromatic carbocycles. The third-order valence-electron chi connectivity index (χ3n) is 2.96. The molecular formula is C12H16FN. The normalized spacial score (nSPS) is 26.7. The van der Waals surface area contributed by atoms with Gasteiger partial charge in [0.2, 0.25) is 0 Å². The Balaban J connectivity index is 2.06. The molecule has 0 bridgehead atoms. The lowest BCUT2D eigenvalue weighted by atomic mass is 9.91. The summed E-state index contributed by atoms with van der Waals surface area (Å²) in [6.07, 6.45) is 3.45. The van der Waals surface area contributed by atoms with Gasteiger partial charge in [0, 0.05) is 5.54 Å². The highest BCUT2D eigenvalue weighted by Gasteiger charge is 2.27. The van der Waals surface area contributed by atoms with Gasteiger partial charge in [-0.1, -0.05) is 12.1 Å². The predicted molar refractivity (Wildman–Crippen MR) is 55.7 cm³/mol. The fourth-order valence-electron chi connectivity index (χ4n) is 2.16. The second kappa shape index (κ2) is 3.70. The van der Waals surface area contributed by atoms with E-state index in [-0.39, 0.29) is 11.4 Å². The Morgan fingerprint density at radius 3 is 2.64 bits per heavy atom. The molecule has 1 heterocycles. The van der Waals surface area contributed by atoms with Crippen LogP contribution in [0, 0.1) is 5.82 Å². The smallest absolute Gasteiger partial charge is 0.123 e. The molecule has 1 nitrogen and oxygen atoms in total. The summed E-state index contributed by atoms with van der Waals surface area (Å²) in [5.74, 6) is -0.154. The van der Waals surface area contributed by atoms with Gasteiger partial charge in [-0.05, 0) is 50.4 Å². The lowest BCUT2D eigenvalue weighted by Gasteiger charge is -2.24. The molecule has 0 radical (unpaired) electrons. The van der Waals surface area contributed by atoms with E-state index < -0.39 is 0 Å². The first-order chi connectivity index (χ1) is 6.68. The van der Waals surface area contributed by atoms with Crippen molar-refractivity contribution >= 4 is 0 Å². The Hall–Kier alpha value is -0.890. The molecule has 0 unspecified atom stereocenters. The molecule has 1 aliphatic heterocycles. The highest BCUT2D eigenvalue weighted by Crippen LogP contribution is 2.23. The summed E-state index contributed by atoms with van der Waals surface area (Å²) in [5.41, 5.74) is 1.43. The third kappa shape index (κ3) is 2.13. The van der Waals surface area contributed by atoms with Gasteiger partial charge < -0.3 is 5.32 Å². The molecule has 0 spiro atoms. The number of halogens is 1. The van der Waals surface area contributed by atoms with Crippen LogP contribution >= 0.6 is 0 Å². The summed E-state index contributed by atoms with van der Waals surface area (Å²) < 4.78 is 12.7. The molecule has 1 fully saturated rings. The number of hydrogen-bond donors (Lipinski definition) is 1. The molecule has 0 aromatic heterocycles. The number of hydrogen-bond acceptors (Lipinski definition) is 1. The van der Waals surface area contributed by atoms with Crippen LogP contribution in [0.2, 0.25) is 0 Å². The van der Waals surface area contributed by atoms with Crippen LogP contribution in [0.5, 0.6) is 0 Å². The van der Waals surface area contributed by atoms with Gasteiger partial charge in [-0.2, -0.15) is 0 Å². The molecule has 1 aromatic rings. The van der Waals surface area contributed by atoms with Crippen molar-refractivity contribution in [1.82, 2.24) is 5.32 Å². The maximum atomic E-state index is 12.7. The Bertz CT molecular complexity index is 299. The van der Waals surface area contributed by atoms with Gasteiger partial charge in [0.1, 0.15) is 5.82 Å². The quantitative estimate of drug-likeness (QED) is 0.761. The van der Waals surface area contributed by atoms with Gasteiger partial charge in [-0.3, -0.25) is 0 Å². The number of rotatable bonds is 2. The van der Waals surface area contributed by atoms with Crippen molar-refractivity contribution in [3.8, 4) is 0 Å². The van der Waals surface area contributed by atoms with E-state index in [0.717, 1.165) is 13.0 Å². The van der Waals surface area contributed by atoms with Crippen LogP contribution in [0.4, 0.5) is 4.39 Å². The van der Waals surface area contributed by atoms with Crippen molar-refractivity contribution in [3.05, 3.63) is 35.6 Å². The van der Waals surface area contributed by atoms with Gasteiger partial charge >= 0.3 is 0 Å². The van der Waals surface area contributed by atoms with Gasteiger partial charge in [0.15, 0.2) is 0 Å². The number of benzene rings is 1. The van der Waals surface area contributed by atoms with Crippen molar-refractivity contribution in [1.29, 1.82) is 0 Å². The maximum absolute atomic E-state index is 12.7. The highest BCUT2D eigenvalue weighted by molar-refractivity contribution is 5.19. The van der Waals surface area contributed by atoms with Crippen LogP contribution in [0.15, 0.2) is 24.3 Å². The zero-order valence-corrected chi connectivity index (χ0v) is 8.52. The Labute approximate surface area is 84.3 Å². The molecule has 0 saturated carbocycles. The monoisotopic (exact) mass is 193 g/mol. The standard InChI is InChI=1S/C12H16FN/c1-12(7-2-8-14-12)9-10-3-5-11(13)6-4-10/h3-6,14H,2,7-9H2,1H3/t12-/m1/s1.